The van der Waals surface area contributed by atoms with Crippen LogP contribution in [0.15, 0.2) is 48.5 Å². The third-order valence-electron chi connectivity index (χ3n) is 6.43. The van der Waals surface area contributed by atoms with E-state index in [2.05, 4.69) is 27.8 Å². The summed E-state index contributed by atoms with van der Waals surface area (Å²) in [5.74, 6) is -1.30. The number of nitrogens with one attached hydrogen (secondary N) is 2. The third-order valence-corrected chi connectivity index (χ3v) is 7.72. The summed E-state index contributed by atoms with van der Waals surface area (Å²) >= 11 is 7.41. The van der Waals surface area contributed by atoms with E-state index in [9.17, 15) is 24.5 Å². The molecule has 1 aliphatic carbocycles. The monoisotopic (exact) mass is 573 g/mol. The summed E-state index contributed by atoms with van der Waals surface area (Å²) in [6.07, 6.45) is 1.70. The smallest absolute Gasteiger partial charge is 0.255 e. The zero-order valence-corrected chi connectivity index (χ0v) is 22.9. The Bertz CT molecular complexity index is 1770. The van der Waals surface area contributed by atoms with Gasteiger partial charge in [0.1, 0.15) is 28.9 Å². The molecule has 1 aromatic heterocycles. The number of fused-ring (bicyclic) bond motifs is 1. The molecular weight excluding hydrogens is 553 g/mol. The molecule has 5 rings (SSSR count). The zero-order valence-electron chi connectivity index (χ0n) is 21.3. The van der Waals surface area contributed by atoms with Crippen molar-refractivity contribution in [2.45, 2.75) is 32.1 Å². The van der Waals surface area contributed by atoms with Crippen LogP contribution in [0.4, 0.5) is 15.2 Å². The lowest BCUT2D eigenvalue weighted by Gasteiger charge is -2.17. The number of carbonyl (C=O) groups is 2. The predicted molar refractivity (Wildman–Crippen MR) is 150 cm³/mol. The quantitative estimate of drug-likeness (QED) is 0.241. The summed E-state index contributed by atoms with van der Waals surface area (Å²) in [5.41, 5.74) is 0.566. The maximum Gasteiger partial charge on any atom is 0.255 e. The lowest BCUT2D eigenvalue weighted by Crippen LogP contribution is -2.17. The minimum atomic E-state index is -0.815. The van der Waals surface area contributed by atoms with E-state index in [-0.39, 0.29) is 45.2 Å². The molecule has 0 spiro atoms. The van der Waals surface area contributed by atoms with Gasteiger partial charge in [-0.15, -0.1) is 0 Å². The highest BCUT2D eigenvalue weighted by Gasteiger charge is 2.30. The van der Waals surface area contributed by atoms with Crippen molar-refractivity contribution in [2.24, 2.45) is 5.92 Å². The number of halogens is 2. The maximum absolute atomic E-state index is 14.8. The molecule has 0 atom stereocenters. The molecule has 2 amide bonds. The van der Waals surface area contributed by atoms with Gasteiger partial charge in [0.05, 0.1) is 32.4 Å². The van der Waals surface area contributed by atoms with Crippen molar-refractivity contribution in [1.29, 1.82) is 10.5 Å². The normalized spacial score (nSPS) is 12.8. The van der Waals surface area contributed by atoms with Crippen molar-refractivity contribution in [2.75, 3.05) is 10.6 Å². The lowest BCUT2D eigenvalue weighted by atomic mass is 9.85. The number of nitriles is 2. The molecule has 0 unspecified atom stereocenters. The Kier molecular flexibility index (Phi) is 7.16. The van der Waals surface area contributed by atoms with Crippen LogP contribution in [0.1, 0.15) is 48.2 Å². The molecule has 1 fully saturated rings. The lowest BCUT2D eigenvalue weighted by molar-refractivity contribution is -0.117. The number of hydrogen-bond donors (Lipinski definition) is 2. The second-order valence-electron chi connectivity index (χ2n) is 9.82. The highest BCUT2D eigenvalue weighted by Crippen LogP contribution is 2.40. The van der Waals surface area contributed by atoms with Crippen LogP contribution in [0, 0.1) is 34.4 Å². The first kappa shape index (κ1) is 27.1. The number of aromatic nitrogens is 1. The molecule has 200 valence electrons. The second-order valence-corrected chi connectivity index (χ2v) is 11.2. The highest BCUT2D eigenvalue weighted by molar-refractivity contribution is 7.22. The van der Waals surface area contributed by atoms with Crippen LogP contribution in [0.3, 0.4) is 0 Å². The Labute approximate surface area is 238 Å². The van der Waals surface area contributed by atoms with Crippen molar-refractivity contribution in [3.8, 4) is 23.6 Å². The molecule has 0 saturated heterocycles. The van der Waals surface area contributed by atoms with Crippen molar-refractivity contribution in [3.63, 3.8) is 0 Å². The Hall–Kier alpha value is -4.51. The Morgan fingerprint density at radius 2 is 1.90 bits per heavy atom. The number of benzene rings is 3. The fraction of sp³-hybridized carbons (Fsp3) is 0.207. The van der Waals surface area contributed by atoms with E-state index in [4.69, 9.17) is 16.3 Å². The van der Waals surface area contributed by atoms with Gasteiger partial charge in [-0.2, -0.15) is 10.5 Å². The van der Waals surface area contributed by atoms with E-state index in [0.29, 0.717) is 20.9 Å². The third kappa shape index (κ3) is 5.46. The van der Waals surface area contributed by atoms with Crippen LogP contribution >= 0.6 is 22.9 Å². The van der Waals surface area contributed by atoms with Gasteiger partial charge >= 0.3 is 0 Å². The molecule has 0 bridgehead atoms. The second kappa shape index (κ2) is 10.6. The van der Waals surface area contributed by atoms with E-state index >= 15 is 0 Å². The van der Waals surface area contributed by atoms with Gasteiger partial charge in [-0.05, 0) is 62.6 Å². The molecule has 2 N–H and O–H groups in total. The number of thiazole rings is 1. The van der Waals surface area contributed by atoms with Crippen molar-refractivity contribution < 1.29 is 18.7 Å². The zero-order chi connectivity index (χ0) is 28.6. The summed E-state index contributed by atoms with van der Waals surface area (Å²) in [6, 6.07) is 16.2. The van der Waals surface area contributed by atoms with E-state index in [1.54, 1.807) is 44.2 Å². The molecule has 4 aromatic rings. The topological polar surface area (TPSA) is 128 Å². The summed E-state index contributed by atoms with van der Waals surface area (Å²) in [5, 5.41) is 24.9. The fourth-order valence-electron chi connectivity index (χ4n) is 3.90. The fourth-order valence-corrected chi connectivity index (χ4v) is 5.05. The standard InChI is InChI=1S/C29H21ClFN5O3S/c1-29(2,14-33)17-5-3-4-16(10-17)27(38)34-22-12-24(19(30)11-20(22)31)39-23-9-8-21-25(18(23)13-32)40-28(35-21)36-26(37)15-6-7-15/h3-5,8-12,15H,6-7H2,1-2H3,(H,34,38)(H,35,36,37). The molecular formula is C29H21ClFN5O3S. The van der Waals surface area contributed by atoms with Gasteiger partial charge in [-0.3, -0.25) is 9.59 Å². The highest BCUT2D eigenvalue weighted by atomic mass is 35.5. The molecule has 3 aromatic carbocycles. The number of amides is 2. The van der Waals surface area contributed by atoms with Gasteiger partial charge in [-0.1, -0.05) is 35.1 Å². The van der Waals surface area contributed by atoms with E-state index in [0.717, 1.165) is 30.2 Å². The van der Waals surface area contributed by atoms with Crippen LogP contribution in [0.2, 0.25) is 5.02 Å². The summed E-state index contributed by atoms with van der Waals surface area (Å²) in [4.78, 5) is 29.5. The Morgan fingerprint density at radius 1 is 1.12 bits per heavy atom. The average Bonchev–Trinajstić information content (AvgIpc) is 3.71. The minimum Gasteiger partial charge on any atom is -0.454 e. The van der Waals surface area contributed by atoms with Crippen molar-refractivity contribution in [3.05, 3.63) is 76.1 Å². The average molecular weight is 574 g/mol. The summed E-state index contributed by atoms with van der Waals surface area (Å²) in [6.45, 7) is 3.47. The van der Waals surface area contributed by atoms with Gasteiger partial charge in [0.25, 0.3) is 5.91 Å². The van der Waals surface area contributed by atoms with Crippen LogP contribution in [-0.2, 0) is 10.2 Å². The molecule has 40 heavy (non-hydrogen) atoms. The Balaban J connectivity index is 1.41. The van der Waals surface area contributed by atoms with Gasteiger partial charge in [0, 0.05) is 17.5 Å². The maximum atomic E-state index is 14.8. The minimum absolute atomic E-state index is 0.00461. The molecule has 1 saturated carbocycles. The largest absolute Gasteiger partial charge is 0.454 e. The van der Waals surface area contributed by atoms with Gasteiger partial charge in [-0.25, -0.2) is 9.37 Å². The van der Waals surface area contributed by atoms with Crippen LogP contribution in [-0.4, -0.2) is 16.8 Å². The van der Waals surface area contributed by atoms with Crippen LogP contribution in [0.5, 0.6) is 11.5 Å². The molecule has 0 aliphatic heterocycles. The number of ether oxygens (including phenoxy) is 1. The molecule has 11 heteroatoms. The molecule has 8 nitrogen and oxygen atoms in total. The first-order valence-electron chi connectivity index (χ1n) is 12.2. The first-order chi connectivity index (χ1) is 19.1. The first-order valence-corrected chi connectivity index (χ1v) is 13.4. The molecule has 1 heterocycles. The number of nitrogens with zero attached hydrogens (tertiary/aromatic N) is 3. The van der Waals surface area contributed by atoms with E-state index in [1.807, 2.05) is 0 Å². The SMILES string of the molecule is CC(C)(C#N)c1cccc(C(=O)Nc2cc(Oc3ccc4nc(NC(=O)C5CC5)sc4c3C#N)c(Cl)cc2F)c1. The number of rotatable bonds is 7. The number of anilines is 2. The summed E-state index contributed by atoms with van der Waals surface area (Å²) < 4.78 is 21.2. The van der Waals surface area contributed by atoms with Gasteiger partial charge in [0.15, 0.2) is 5.13 Å². The van der Waals surface area contributed by atoms with Gasteiger partial charge in [0.2, 0.25) is 5.91 Å². The van der Waals surface area contributed by atoms with Gasteiger partial charge < -0.3 is 15.4 Å². The Morgan fingerprint density at radius 3 is 2.60 bits per heavy atom. The van der Waals surface area contributed by atoms with Crippen molar-refractivity contribution in [1.82, 2.24) is 4.98 Å². The van der Waals surface area contributed by atoms with E-state index < -0.39 is 17.1 Å². The van der Waals surface area contributed by atoms with E-state index in [1.165, 1.54) is 12.1 Å². The van der Waals surface area contributed by atoms with Crippen LogP contribution in [0.25, 0.3) is 10.2 Å². The number of carbonyl (C=O) groups excluding carboxylic acids is 2. The molecule has 0 radical (unpaired) electrons. The van der Waals surface area contributed by atoms with Crippen molar-refractivity contribution >= 4 is 55.8 Å². The predicted octanol–water partition coefficient (Wildman–Crippen LogP) is 7.15. The number of hydrogen-bond acceptors (Lipinski definition) is 7. The molecule has 1 aliphatic rings. The van der Waals surface area contributed by atoms with Crippen LogP contribution < -0.4 is 15.4 Å². The summed E-state index contributed by atoms with van der Waals surface area (Å²) in [7, 11) is 0.